The number of aryl methyl sites for hydroxylation is 1. The minimum atomic E-state index is 0.312. The first kappa shape index (κ1) is 14.5. The van der Waals surface area contributed by atoms with Gasteiger partial charge in [-0.25, -0.2) is 0 Å². The van der Waals surface area contributed by atoms with Gasteiger partial charge in [-0.3, -0.25) is 0 Å². The maximum atomic E-state index is 5.78. The lowest BCUT2D eigenvalue weighted by Crippen LogP contribution is -2.21. The van der Waals surface area contributed by atoms with E-state index in [0.29, 0.717) is 11.0 Å². The zero-order chi connectivity index (χ0) is 14.5. The Morgan fingerprint density at radius 2 is 1.90 bits per heavy atom. The Morgan fingerprint density at radius 3 is 2.55 bits per heavy atom. The Kier molecular flexibility index (Phi) is 4.74. The minimum absolute atomic E-state index is 0.312. The van der Waals surface area contributed by atoms with Crippen molar-refractivity contribution in [2.24, 2.45) is 5.73 Å². The highest BCUT2D eigenvalue weighted by Crippen LogP contribution is 2.19. The minimum Gasteiger partial charge on any atom is -0.389 e. The van der Waals surface area contributed by atoms with Crippen molar-refractivity contribution < 1.29 is 0 Å². The van der Waals surface area contributed by atoms with Crippen LogP contribution in [0.4, 0.5) is 5.69 Å². The van der Waals surface area contributed by atoms with Crippen LogP contribution in [-0.4, -0.2) is 11.0 Å². The van der Waals surface area contributed by atoms with Crippen LogP contribution in [0.1, 0.15) is 23.6 Å². The molecule has 0 radical (unpaired) electrons. The molecule has 0 bridgehead atoms. The average molecular weight is 284 g/mol. The van der Waals surface area contributed by atoms with Gasteiger partial charge in [0, 0.05) is 17.3 Å². The highest BCUT2D eigenvalue weighted by molar-refractivity contribution is 7.80. The summed E-state index contributed by atoms with van der Waals surface area (Å²) in [6.07, 6.45) is 0.964. The van der Waals surface area contributed by atoms with Crippen LogP contribution in [0.2, 0.25) is 0 Å². The van der Waals surface area contributed by atoms with Crippen molar-refractivity contribution in [1.29, 1.82) is 0 Å². The summed E-state index contributed by atoms with van der Waals surface area (Å²) in [5.74, 6) is 0. The van der Waals surface area contributed by atoms with Crippen LogP contribution in [0, 0.1) is 6.92 Å². The maximum Gasteiger partial charge on any atom is 0.106 e. The summed E-state index contributed by atoms with van der Waals surface area (Å²) < 4.78 is 0. The summed E-state index contributed by atoms with van der Waals surface area (Å²) in [5, 5.41) is 3.51. The van der Waals surface area contributed by atoms with Crippen LogP contribution < -0.4 is 11.1 Å². The van der Waals surface area contributed by atoms with Crippen molar-refractivity contribution in [3.05, 3.63) is 65.2 Å². The largest absolute Gasteiger partial charge is 0.389 e. The van der Waals surface area contributed by atoms with Crippen LogP contribution in [0.15, 0.2) is 48.5 Å². The highest BCUT2D eigenvalue weighted by Gasteiger charge is 2.09. The summed E-state index contributed by atoms with van der Waals surface area (Å²) in [5.41, 5.74) is 10.2. The highest BCUT2D eigenvalue weighted by atomic mass is 32.1. The molecule has 0 saturated heterocycles. The van der Waals surface area contributed by atoms with Gasteiger partial charge < -0.3 is 11.1 Å². The number of hydrogen-bond acceptors (Lipinski definition) is 2. The predicted molar refractivity (Wildman–Crippen MR) is 90.3 cm³/mol. The van der Waals surface area contributed by atoms with E-state index in [1.165, 1.54) is 11.1 Å². The molecule has 2 rings (SSSR count). The maximum absolute atomic E-state index is 5.78. The molecule has 0 aromatic heterocycles. The summed E-state index contributed by atoms with van der Waals surface area (Å²) in [6.45, 7) is 4.23. The smallest absolute Gasteiger partial charge is 0.106 e. The lowest BCUT2D eigenvalue weighted by molar-refractivity contribution is 0.790. The Bertz CT molecular complexity index is 593. The quantitative estimate of drug-likeness (QED) is 0.823. The zero-order valence-electron chi connectivity index (χ0n) is 11.9. The van der Waals surface area contributed by atoms with Gasteiger partial charge in [-0.2, -0.15) is 0 Å². The standard InChI is InChI=1S/C17H20N2S/c1-12-8-9-15(17(18)20)16(10-12)19-13(2)11-14-6-4-3-5-7-14/h3-10,13,19H,11H2,1-2H3,(H2,18,20). The predicted octanol–water partition coefficient (Wildman–Crippen LogP) is 3.67. The molecule has 2 aromatic carbocycles. The monoisotopic (exact) mass is 284 g/mol. The van der Waals surface area contributed by atoms with Crippen molar-refractivity contribution in [3.8, 4) is 0 Å². The van der Waals surface area contributed by atoms with E-state index >= 15 is 0 Å². The first-order chi connectivity index (χ1) is 9.56. The van der Waals surface area contributed by atoms with E-state index in [4.69, 9.17) is 18.0 Å². The SMILES string of the molecule is Cc1ccc(C(N)=S)c(NC(C)Cc2ccccc2)c1. The molecule has 2 nitrogen and oxygen atoms in total. The lowest BCUT2D eigenvalue weighted by Gasteiger charge is -2.18. The Balaban J connectivity index is 2.13. The van der Waals surface area contributed by atoms with E-state index in [0.717, 1.165) is 17.7 Å². The molecule has 0 fully saturated rings. The number of hydrogen-bond donors (Lipinski definition) is 2. The van der Waals surface area contributed by atoms with Gasteiger partial charge in [-0.15, -0.1) is 0 Å². The van der Waals surface area contributed by atoms with E-state index in [-0.39, 0.29) is 0 Å². The number of rotatable bonds is 5. The van der Waals surface area contributed by atoms with Crippen molar-refractivity contribution in [2.45, 2.75) is 26.3 Å². The number of benzene rings is 2. The number of thiocarbonyl (C=S) groups is 1. The first-order valence-electron chi connectivity index (χ1n) is 6.77. The third kappa shape index (κ3) is 3.81. The first-order valence-corrected chi connectivity index (χ1v) is 7.18. The van der Waals surface area contributed by atoms with Crippen molar-refractivity contribution >= 4 is 22.9 Å². The van der Waals surface area contributed by atoms with Gasteiger partial charge in [0.25, 0.3) is 0 Å². The molecule has 1 atom stereocenters. The van der Waals surface area contributed by atoms with Crippen LogP contribution >= 0.6 is 12.2 Å². The molecule has 20 heavy (non-hydrogen) atoms. The van der Waals surface area contributed by atoms with Crippen molar-refractivity contribution in [2.75, 3.05) is 5.32 Å². The van der Waals surface area contributed by atoms with Crippen LogP contribution in [0.25, 0.3) is 0 Å². The fraction of sp³-hybridized carbons (Fsp3) is 0.235. The van der Waals surface area contributed by atoms with E-state index in [1.54, 1.807) is 0 Å². The van der Waals surface area contributed by atoms with Gasteiger partial charge >= 0.3 is 0 Å². The molecular weight excluding hydrogens is 264 g/mol. The average Bonchev–Trinajstić information content (AvgIpc) is 2.39. The van der Waals surface area contributed by atoms with Crippen molar-refractivity contribution in [1.82, 2.24) is 0 Å². The molecule has 0 aliphatic rings. The normalized spacial score (nSPS) is 11.9. The van der Waals surface area contributed by atoms with E-state index in [2.05, 4.69) is 49.5 Å². The van der Waals surface area contributed by atoms with E-state index in [1.807, 2.05) is 18.2 Å². The summed E-state index contributed by atoms with van der Waals surface area (Å²) in [7, 11) is 0. The topological polar surface area (TPSA) is 38.0 Å². The molecule has 3 N–H and O–H groups in total. The number of nitrogens with two attached hydrogens (primary N) is 1. The number of nitrogens with one attached hydrogen (secondary N) is 1. The second-order valence-electron chi connectivity index (χ2n) is 5.15. The third-order valence-corrected chi connectivity index (χ3v) is 3.45. The van der Waals surface area contributed by atoms with Crippen LogP contribution in [0.5, 0.6) is 0 Å². The lowest BCUT2D eigenvalue weighted by atomic mass is 10.1. The fourth-order valence-electron chi connectivity index (χ4n) is 2.28. The molecule has 0 aliphatic heterocycles. The molecule has 0 spiro atoms. The Morgan fingerprint density at radius 1 is 1.20 bits per heavy atom. The molecule has 0 amide bonds. The summed E-state index contributed by atoms with van der Waals surface area (Å²) in [6, 6.07) is 16.9. The van der Waals surface area contributed by atoms with Crippen LogP contribution in [0.3, 0.4) is 0 Å². The van der Waals surface area contributed by atoms with Gasteiger partial charge in [-0.05, 0) is 43.5 Å². The van der Waals surface area contributed by atoms with Crippen LogP contribution in [-0.2, 0) is 6.42 Å². The summed E-state index contributed by atoms with van der Waals surface area (Å²) >= 11 is 5.11. The molecule has 0 saturated carbocycles. The molecule has 0 aliphatic carbocycles. The van der Waals surface area contributed by atoms with E-state index < -0.39 is 0 Å². The Hall–Kier alpha value is -1.87. The summed E-state index contributed by atoms with van der Waals surface area (Å²) in [4.78, 5) is 0.430. The number of anilines is 1. The van der Waals surface area contributed by atoms with Gasteiger partial charge in [0.05, 0.1) is 0 Å². The van der Waals surface area contributed by atoms with Gasteiger partial charge in [0.1, 0.15) is 4.99 Å². The van der Waals surface area contributed by atoms with Crippen molar-refractivity contribution in [3.63, 3.8) is 0 Å². The van der Waals surface area contributed by atoms with Gasteiger partial charge in [-0.1, -0.05) is 48.6 Å². The third-order valence-electron chi connectivity index (χ3n) is 3.23. The molecule has 3 heteroatoms. The zero-order valence-corrected chi connectivity index (χ0v) is 12.7. The van der Waals surface area contributed by atoms with Gasteiger partial charge in [0.2, 0.25) is 0 Å². The second kappa shape index (κ2) is 6.53. The molecule has 2 aromatic rings. The molecule has 0 heterocycles. The second-order valence-corrected chi connectivity index (χ2v) is 5.59. The fourth-order valence-corrected chi connectivity index (χ4v) is 2.45. The Labute approximate surface area is 126 Å². The van der Waals surface area contributed by atoms with Gasteiger partial charge in [0.15, 0.2) is 0 Å². The molecule has 104 valence electrons. The molecular formula is C17H20N2S. The van der Waals surface area contributed by atoms with E-state index in [9.17, 15) is 0 Å². The molecule has 1 unspecified atom stereocenters.